The van der Waals surface area contributed by atoms with Gasteiger partial charge < -0.3 is 20.1 Å². The number of nitrogens with one attached hydrogen (secondary N) is 3. The Hall–Kier alpha value is -3.84. The third-order valence-electron chi connectivity index (χ3n) is 5.80. The molecule has 0 spiro atoms. The van der Waals surface area contributed by atoms with Crippen molar-refractivity contribution in [2.45, 2.75) is 32.9 Å². The van der Waals surface area contributed by atoms with Crippen LogP contribution in [0.2, 0.25) is 0 Å². The Labute approximate surface area is 199 Å². The number of benzene rings is 3. The molecule has 4 rings (SSSR count). The molecule has 1 heterocycles. The van der Waals surface area contributed by atoms with Crippen LogP contribution < -0.4 is 25.4 Å². The Bertz CT molecular complexity index is 1190. The largest absolute Gasteiger partial charge is 0.454 e. The molecule has 3 N–H and O–H groups in total. The first-order chi connectivity index (χ1) is 16.3. The molecule has 2 amide bonds. The van der Waals surface area contributed by atoms with Crippen molar-refractivity contribution >= 4 is 17.5 Å². The van der Waals surface area contributed by atoms with Crippen LogP contribution in [0.3, 0.4) is 0 Å². The smallest absolute Gasteiger partial charge is 0.253 e. The monoisotopic (exact) mass is 459 g/mol. The van der Waals surface area contributed by atoms with E-state index in [2.05, 4.69) is 16.0 Å². The maximum atomic E-state index is 12.8. The van der Waals surface area contributed by atoms with E-state index in [4.69, 9.17) is 9.47 Å². The number of para-hydroxylation sites is 1. The summed E-state index contributed by atoms with van der Waals surface area (Å²) in [6.07, 6.45) is 0. The predicted molar refractivity (Wildman–Crippen MR) is 131 cm³/mol. The van der Waals surface area contributed by atoms with Gasteiger partial charge in [-0.2, -0.15) is 0 Å². The average molecular weight is 460 g/mol. The Morgan fingerprint density at radius 1 is 0.941 bits per heavy atom. The molecule has 3 aromatic carbocycles. The van der Waals surface area contributed by atoms with E-state index in [1.54, 1.807) is 24.3 Å². The van der Waals surface area contributed by atoms with E-state index < -0.39 is 5.54 Å². The number of aryl methyl sites for hydroxylation is 1. The van der Waals surface area contributed by atoms with Crippen molar-refractivity contribution in [1.29, 1.82) is 0 Å². The summed E-state index contributed by atoms with van der Waals surface area (Å²) in [7, 11) is 0. The number of carbonyl (C=O) groups excluding carboxylic acids is 2. The van der Waals surface area contributed by atoms with E-state index in [0.717, 1.165) is 16.9 Å². The van der Waals surface area contributed by atoms with Crippen LogP contribution >= 0.6 is 0 Å². The van der Waals surface area contributed by atoms with Crippen molar-refractivity contribution in [2.24, 2.45) is 0 Å². The number of hydrogen-bond acceptors (Lipinski definition) is 5. The Morgan fingerprint density at radius 2 is 1.68 bits per heavy atom. The zero-order chi connectivity index (χ0) is 24.1. The second-order valence-corrected chi connectivity index (χ2v) is 8.81. The lowest BCUT2D eigenvalue weighted by Crippen LogP contribution is -2.41. The van der Waals surface area contributed by atoms with Gasteiger partial charge in [0.1, 0.15) is 0 Å². The highest BCUT2D eigenvalue weighted by molar-refractivity contribution is 6.04. The molecule has 0 saturated heterocycles. The van der Waals surface area contributed by atoms with Gasteiger partial charge >= 0.3 is 0 Å². The molecule has 0 atom stereocenters. The molecule has 176 valence electrons. The summed E-state index contributed by atoms with van der Waals surface area (Å²) in [5.74, 6) is 0.926. The van der Waals surface area contributed by atoms with Gasteiger partial charge in [-0.3, -0.25) is 14.9 Å². The molecule has 0 bridgehead atoms. The zero-order valence-corrected chi connectivity index (χ0v) is 19.6. The van der Waals surface area contributed by atoms with Gasteiger partial charge in [0.25, 0.3) is 5.91 Å². The van der Waals surface area contributed by atoms with Gasteiger partial charge in [-0.25, -0.2) is 0 Å². The number of ether oxygens (including phenoxy) is 2. The van der Waals surface area contributed by atoms with Crippen LogP contribution in [-0.2, 0) is 16.9 Å². The molecular formula is C27H29N3O4. The summed E-state index contributed by atoms with van der Waals surface area (Å²) in [5, 5.41) is 9.05. The summed E-state index contributed by atoms with van der Waals surface area (Å²) in [6.45, 7) is 6.70. The molecule has 0 unspecified atom stereocenters. The van der Waals surface area contributed by atoms with Gasteiger partial charge in [-0.05, 0) is 56.2 Å². The summed E-state index contributed by atoms with van der Waals surface area (Å²) < 4.78 is 10.8. The molecule has 7 heteroatoms. The molecule has 7 nitrogen and oxygen atoms in total. The average Bonchev–Trinajstić information content (AvgIpc) is 3.31. The van der Waals surface area contributed by atoms with Crippen LogP contribution in [0, 0.1) is 6.92 Å². The maximum absolute atomic E-state index is 12.8. The summed E-state index contributed by atoms with van der Waals surface area (Å²) in [6, 6.07) is 20.7. The predicted octanol–water partition coefficient (Wildman–Crippen LogP) is 4.12. The second kappa shape index (κ2) is 9.97. The van der Waals surface area contributed by atoms with Crippen molar-refractivity contribution in [3.05, 3.63) is 89.0 Å². The first-order valence-corrected chi connectivity index (χ1v) is 11.2. The maximum Gasteiger partial charge on any atom is 0.253 e. The Balaban J connectivity index is 1.35. The van der Waals surface area contributed by atoms with E-state index in [-0.39, 0.29) is 25.2 Å². The molecule has 0 aromatic heterocycles. The number of carbonyl (C=O) groups is 2. The van der Waals surface area contributed by atoms with Crippen LogP contribution in [0.4, 0.5) is 5.69 Å². The molecule has 0 saturated carbocycles. The molecule has 0 radical (unpaired) electrons. The van der Waals surface area contributed by atoms with Gasteiger partial charge in [0.05, 0.1) is 17.8 Å². The van der Waals surface area contributed by atoms with E-state index >= 15 is 0 Å². The van der Waals surface area contributed by atoms with Crippen molar-refractivity contribution in [2.75, 3.05) is 18.7 Å². The molecule has 34 heavy (non-hydrogen) atoms. The molecule has 0 aliphatic carbocycles. The minimum absolute atomic E-state index is 0.0702. The zero-order valence-electron chi connectivity index (χ0n) is 19.6. The third-order valence-corrected chi connectivity index (χ3v) is 5.80. The van der Waals surface area contributed by atoms with Gasteiger partial charge in [0.2, 0.25) is 12.7 Å². The summed E-state index contributed by atoms with van der Waals surface area (Å²) in [4.78, 5) is 25.5. The number of hydrogen-bond donors (Lipinski definition) is 3. The van der Waals surface area contributed by atoms with Crippen molar-refractivity contribution < 1.29 is 19.1 Å². The van der Waals surface area contributed by atoms with E-state index in [9.17, 15) is 9.59 Å². The van der Waals surface area contributed by atoms with Crippen molar-refractivity contribution in [1.82, 2.24) is 10.6 Å². The minimum atomic E-state index is -0.483. The highest BCUT2D eigenvalue weighted by Gasteiger charge is 2.24. The molecule has 1 aliphatic rings. The number of amides is 2. The molecule has 3 aromatic rings. The second-order valence-electron chi connectivity index (χ2n) is 8.81. The van der Waals surface area contributed by atoms with Gasteiger partial charge in [-0.15, -0.1) is 0 Å². The first kappa shape index (κ1) is 23.3. The van der Waals surface area contributed by atoms with E-state index in [1.807, 2.05) is 63.2 Å². The first-order valence-electron chi connectivity index (χ1n) is 11.2. The van der Waals surface area contributed by atoms with Crippen LogP contribution in [-0.4, -0.2) is 25.2 Å². The minimum Gasteiger partial charge on any atom is -0.454 e. The topological polar surface area (TPSA) is 88.7 Å². The van der Waals surface area contributed by atoms with E-state index in [0.29, 0.717) is 23.5 Å². The van der Waals surface area contributed by atoms with Crippen molar-refractivity contribution in [3.63, 3.8) is 0 Å². The van der Waals surface area contributed by atoms with E-state index in [1.165, 1.54) is 5.56 Å². The third kappa shape index (κ3) is 5.55. The fraction of sp³-hybridized carbons (Fsp3) is 0.259. The summed E-state index contributed by atoms with van der Waals surface area (Å²) >= 11 is 0. The van der Waals surface area contributed by atoms with Gasteiger partial charge in [-0.1, -0.05) is 48.0 Å². The molecule has 0 fully saturated rings. The van der Waals surface area contributed by atoms with Gasteiger partial charge in [0, 0.05) is 12.1 Å². The quantitative estimate of drug-likeness (QED) is 0.472. The molecular weight excluding hydrogens is 430 g/mol. The fourth-order valence-corrected chi connectivity index (χ4v) is 3.66. The lowest BCUT2D eigenvalue weighted by molar-refractivity contribution is -0.115. The van der Waals surface area contributed by atoms with Crippen LogP contribution in [0.15, 0.2) is 66.7 Å². The van der Waals surface area contributed by atoms with Crippen LogP contribution in [0.25, 0.3) is 0 Å². The van der Waals surface area contributed by atoms with Gasteiger partial charge in [0.15, 0.2) is 11.5 Å². The van der Waals surface area contributed by atoms with Crippen molar-refractivity contribution in [3.8, 4) is 11.5 Å². The highest BCUT2D eigenvalue weighted by atomic mass is 16.7. The normalized spacial score (nSPS) is 12.3. The van der Waals surface area contributed by atoms with Crippen LogP contribution in [0.5, 0.6) is 11.5 Å². The Kier molecular flexibility index (Phi) is 6.84. The molecule has 1 aliphatic heterocycles. The summed E-state index contributed by atoms with van der Waals surface area (Å²) in [5.41, 5.74) is 3.55. The van der Waals surface area contributed by atoms with Crippen LogP contribution in [0.1, 0.15) is 40.9 Å². The lowest BCUT2D eigenvalue weighted by Gasteiger charge is -2.27. The number of anilines is 1. The lowest BCUT2D eigenvalue weighted by atomic mass is 9.94. The highest BCUT2D eigenvalue weighted by Crippen LogP contribution is 2.35. The standard InChI is InChI=1S/C27H29N3O4/c1-18-8-10-19(11-9-18)15-28-26(32)21-6-4-5-7-22(21)30-25(31)16-29-27(2,3)20-12-13-23-24(14-20)34-17-33-23/h4-14,29H,15-17H2,1-3H3,(H,28,32)(H,30,31). The fourth-order valence-electron chi connectivity index (χ4n) is 3.66. The Morgan fingerprint density at radius 3 is 2.47 bits per heavy atom. The SMILES string of the molecule is Cc1ccc(CNC(=O)c2ccccc2NC(=O)CNC(C)(C)c2ccc3c(c2)OCO3)cc1. The number of fused-ring (bicyclic) bond motifs is 1. The number of rotatable bonds is 8.